The lowest BCUT2D eigenvalue weighted by Crippen LogP contribution is -1.98. The Labute approximate surface area is 72.8 Å². The molecule has 66 valence electrons. The first-order valence-electron chi connectivity index (χ1n) is 4.19. The van der Waals surface area contributed by atoms with Crippen LogP contribution in [0, 0.1) is 0 Å². The van der Waals surface area contributed by atoms with Crippen molar-refractivity contribution < 1.29 is 4.74 Å². The summed E-state index contributed by atoms with van der Waals surface area (Å²) < 4.78 is 5.20. The van der Waals surface area contributed by atoms with Crippen LogP contribution in [0.5, 0.6) is 5.88 Å². The number of nitrogens with zero attached hydrogens (tertiary/aromatic N) is 1. The van der Waals surface area contributed by atoms with E-state index in [-0.39, 0.29) is 0 Å². The van der Waals surface area contributed by atoms with E-state index in [4.69, 9.17) is 4.74 Å². The summed E-state index contributed by atoms with van der Waals surface area (Å²) in [5, 5.41) is 3.16. The molecule has 0 aromatic carbocycles. The number of nitrogens with one attached hydrogen (secondary N) is 1. The fourth-order valence-corrected chi connectivity index (χ4v) is 0.922. The lowest BCUT2D eigenvalue weighted by molar-refractivity contribution is 0.327. The predicted octanol–water partition coefficient (Wildman–Crippen LogP) is 1.91. The van der Waals surface area contributed by atoms with Crippen LogP contribution in [0.2, 0.25) is 0 Å². The van der Waals surface area contributed by atoms with Crippen molar-refractivity contribution in [1.29, 1.82) is 0 Å². The van der Waals surface area contributed by atoms with Gasteiger partial charge in [0.1, 0.15) is 0 Å². The Morgan fingerprint density at radius 3 is 2.75 bits per heavy atom. The molecule has 0 aliphatic heterocycles. The second kappa shape index (κ2) is 4.59. The Morgan fingerprint density at radius 1 is 1.42 bits per heavy atom. The topological polar surface area (TPSA) is 34.1 Å². The Hall–Kier alpha value is -1.25. The molecule has 12 heavy (non-hydrogen) atoms. The molecule has 0 saturated carbocycles. The smallest absolute Gasteiger partial charge is 0.213 e. The zero-order valence-corrected chi connectivity index (χ0v) is 7.50. The standard InChI is InChI=1S/C9H14N2O/c1-3-10-8-5-6-9(11-7-8)12-4-2/h5-7,10H,3-4H2,1-2H3. The highest BCUT2D eigenvalue weighted by Gasteiger charge is 1.93. The van der Waals surface area contributed by atoms with Crippen molar-refractivity contribution in [3.05, 3.63) is 18.3 Å². The van der Waals surface area contributed by atoms with Crippen molar-refractivity contribution in [3.8, 4) is 5.88 Å². The van der Waals surface area contributed by atoms with Crippen molar-refractivity contribution in [1.82, 2.24) is 4.98 Å². The molecule has 0 fully saturated rings. The van der Waals surface area contributed by atoms with E-state index in [1.54, 1.807) is 6.20 Å². The molecular weight excluding hydrogens is 152 g/mol. The van der Waals surface area contributed by atoms with Gasteiger partial charge in [-0.15, -0.1) is 0 Å². The summed E-state index contributed by atoms with van der Waals surface area (Å²) in [4.78, 5) is 4.10. The molecule has 0 radical (unpaired) electrons. The minimum Gasteiger partial charge on any atom is -0.478 e. The van der Waals surface area contributed by atoms with Crippen LogP contribution in [0.4, 0.5) is 5.69 Å². The maximum Gasteiger partial charge on any atom is 0.213 e. The fourth-order valence-electron chi connectivity index (χ4n) is 0.922. The van der Waals surface area contributed by atoms with Gasteiger partial charge in [-0.2, -0.15) is 0 Å². The van der Waals surface area contributed by atoms with Gasteiger partial charge in [0.2, 0.25) is 5.88 Å². The zero-order chi connectivity index (χ0) is 8.81. The van der Waals surface area contributed by atoms with Crippen LogP contribution >= 0.6 is 0 Å². The molecule has 0 spiro atoms. The number of hydrogen-bond donors (Lipinski definition) is 1. The normalized spacial score (nSPS) is 9.50. The highest BCUT2D eigenvalue weighted by Crippen LogP contribution is 2.10. The maximum atomic E-state index is 5.20. The largest absolute Gasteiger partial charge is 0.478 e. The molecule has 3 nitrogen and oxygen atoms in total. The average molecular weight is 166 g/mol. The lowest BCUT2D eigenvalue weighted by Gasteiger charge is -2.04. The number of hydrogen-bond acceptors (Lipinski definition) is 3. The van der Waals surface area contributed by atoms with Gasteiger partial charge in [0.05, 0.1) is 18.5 Å². The van der Waals surface area contributed by atoms with Crippen LogP contribution in [-0.4, -0.2) is 18.1 Å². The Balaban J connectivity index is 2.58. The molecular formula is C9H14N2O. The second-order valence-electron chi connectivity index (χ2n) is 2.35. The Bertz CT molecular complexity index is 195. The SMILES string of the molecule is CCNc1ccc(OCC)nc1. The van der Waals surface area contributed by atoms with Crippen molar-refractivity contribution in [2.45, 2.75) is 13.8 Å². The van der Waals surface area contributed by atoms with Gasteiger partial charge in [-0.25, -0.2) is 4.98 Å². The summed E-state index contributed by atoms with van der Waals surface area (Å²) in [7, 11) is 0. The van der Waals surface area contributed by atoms with Gasteiger partial charge in [0.15, 0.2) is 0 Å². The van der Waals surface area contributed by atoms with E-state index in [0.717, 1.165) is 12.2 Å². The van der Waals surface area contributed by atoms with Crippen LogP contribution in [0.15, 0.2) is 18.3 Å². The van der Waals surface area contributed by atoms with Crippen LogP contribution in [0.1, 0.15) is 13.8 Å². The molecule has 0 unspecified atom stereocenters. The van der Waals surface area contributed by atoms with Gasteiger partial charge in [0.25, 0.3) is 0 Å². The van der Waals surface area contributed by atoms with Crippen molar-refractivity contribution in [3.63, 3.8) is 0 Å². The minimum atomic E-state index is 0.660. The molecule has 1 N–H and O–H groups in total. The summed E-state index contributed by atoms with van der Waals surface area (Å²) in [6, 6.07) is 3.82. The Kier molecular flexibility index (Phi) is 3.38. The van der Waals surface area contributed by atoms with Gasteiger partial charge in [-0.1, -0.05) is 0 Å². The fraction of sp³-hybridized carbons (Fsp3) is 0.444. The maximum absolute atomic E-state index is 5.20. The molecule has 1 rings (SSSR count). The molecule has 1 heterocycles. The number of anilines is 1. The molecule has 0 aliphatic rings. The predicted molar refractivity (Wildman–Crippen MR) is 49.6 cm³/mol. The monoisotopic (exact) mass is 166 g/mol. The number of rotatable bonds is 4. The lowest BCUT2D eigenvalue weighted by atomic mass is 10.4. The highest BCUT2D eigenvalue weighted by molar-refractivity contribution is 5.41. The van der Waals surface area contributed by atoms with Gasteiger partial charge in [-0.3, -0.25) is 0 Å². The van der Waals surface area contributed by atoms with Crippen LogP contribution in [0.25, 0.3) is 0 Å². The van der Waals surface area contributed by atoms with Gasteiger partial charge in [0, 0.05) is 12.6 Å². The summed E-state index contributed by atoms with van der Waals surface area (Å²) in [6.07, 6.45) is 1.77. The molecule has 0 aliphatic carbocycles. The molecule has 0 amide bonds. The third-order valence-corrected chi connectivity index (χ3v) is 1.41. The third kappa shape index (κ3) is 2.42. The van der Waals surface area contributed by atoms with Crippen LogP contribution in [-0.2, 0) is 0 Å². The van der Waals surface area contributed by atoms with E-state index < -0.39 is 0 Å². The Morgan fingerprint density at radius 2 is 2.25 bits per heavy atom. The quantitative estimate of drug-likeness (QED) is 0.742. The number of aromatic nitrogens is 1. The zero-order valence-electron chi connectivity index (χ0n) is 7.50. The summed E-state index contributed by atoms with van der Waals surface area (Å²) in [5.74, 6) is 0.680. The summed E-state index contributed by atoms with van der Waals surface area (Å²) in [5.41, 5.74) is 1.03. The number of ether oxygens (including phenoxy) is 1. The van der Waals surface area contributed by atoms with E-state index >= 15 is 0 Å². The van der Waals surface area contributed by atoms with Gasteiger partial charge < -0.3 is 10.1 Å². The van der Waals surface area contributed by atoms with Gasteiger partial charge in [-0.05, 0) is 19.9 Å². The molecule has 1 aromatic rings. The van der Waals surface area contributed by atoms with Gasteiger partial charge >= 0.3 is 0 Å². The van der Waals surface area contributed by atoms with E-state index in [2.05, 4.69) is 17.2 Å². The average Bonchev–Trinajstić information content (AvgIpc) is 2.09. The van der Waals surface area contributed by atoms with E-state index in [1.807, 2.05) is 19.1 Å². The van der Waals surface area contributed by atoms with E-state index in [0.29, 0.717) is 12.5 Å². The van der Waals surface area contributed by atoms with E-state index in [1.165, 1.54) is 0 Å². The first-order chi connectivity index (χ1) is 5.86. The van der Waals surface area contributed by atoms with Crippen LogP contribution < -0.4 is 10.1 Å². The third-order valence-electron chi connectivity index (χ3n) is 1.41. The second-order valence-corrected chi connectivity index (χ2v) is 2.35. The molecule has 0 saturated heterocycles. The van der Waals surface area contributed by atoms with Crippen LogP contribution in [0.3, 0.4) is 0 Å². The first-order valence-corrected chi connectivity index (χ1v) is 4.19. The molecule has 0 bridgehead atoms. The van der Waals surface area contributed by atoms with Crippen molar-refractivity contribution in [2.24, 2.45) is 0 Å². The van der Waals surface area contributed by atoms with Crippen molar-refractivity contribution >= 4 is 5.69 Å². The summed E-state index contributed by atoms with van der Waals surface area (Å²) >= 11 is 0. The van der Waals surface area contributed by atoms with E-state index in [9.17, 15) is 0 Å². The molecule has 0 atom stereocenters. The molecule has 1 aromatic heterocycles. The van der Waals surface area contributed by atoms with Crippen molar-refractivity contribution in [2.75, 3.05) is 18.5 Å². The summed E-state index contributed by atoms with van der Waals surface area (Å²) in [6.45, 7) is 5.57. The molecule has 3 heteroatoms. The number of pyridine rings is 1. The highest BCUT2D eigenvalue weighted by atomic mass is 16.5. The minimum absolute atomic E-state index is 0.660. The first kappa shape index (κ1) is 8.84.